The second-order valence-corrected chi connectivity index (χ2v) is 5.34. The van der Waals surface area contributed by atoms with Gasteiger partial charge in [-0.1, -0.05) is 29.5 Å². The van der Waals surface area contributed by atoms with Crippen molar-refractivity contribution in [2.75, 3.05) is 7.05 Å². The molecule has 1 nitrogen and oxygen atoms in total. The Bertz CT molecular complexity index is 471. The van der Waals surface area contributed by atoms with Gasteiger partial charge >= 0.3 is 0 Å². The van der Waals surface area contributed by atoms with Crippen LogP contribution in [-0.4, -0.2) is 12.1 Å². The van der Waals surface area contributed by atoms with Crippen LogP contribution < -0.4 is 0 Å². The van der Waals surface area contributed by atoms with Gasteiger partial charge in [-0.3, -0.25) is 4.99 Å². The van der Waals surface area contributed by atoms with Crippen molar-refractivity contribution in [3.8, 4) is 0 Å². The lowest BCUT2D eigenvalue weighted by Crippen LogP contribution is -1.91. The minimum absolute atomic E-state index is 0.159. The second kappa shape index (κ2) is 6.01. The van der Waals surface area contributed by atoms with Gasteiger partial charge in [0.2, 0.25) is 0 Å². The van der Waals surface area contributed by atoms with Crippen molar-refractivity contribution in [1.82, 2.24) is 0 Å². The van der Waals surface area contributed by atoms with E-state index in [2.05, 4.69) is 4.99 Å². The third-order valence-corrected chi connectivity index (χ3v) is 3.78. The summed E-state index contributed by atoms with van der Waals surface area (Å²) in [4.78, 5) is 5.20. The lowest BCUT2D eigenvalue weighted by Gasteiger charge is -2.10. The fraction of sp³-hybridized carbons (Fsp3) is 0.357. The van der Waals surface area contributed by atoms with Crippen LogP contribution in [-0.2, 0) is 0 Å². The highest BCUT2D eigenvalue weighted by Gasteiger charge is 2.08. The van der Waals surface area contributed by atoms with Gasteiger partial charge in [-0.25, -0.2) is 4.39 Å². The molecular formula is C14H18FNS. The first-order valence-electron chi connectivity index (χ1n) is 5.51. The molecular weight excluding hydrogens is 233 g/mol. The van der Waals surface area contributed by atoms with Crippen molar-refractivity contribution in [3.63, 3.8) is 0 Å². The number of aliphatic imine (C=N–C) groups is 1. The van der Waals surface area contributed by atoms with E-state index < -0.39 is 0 Å². The summed E-state index contributed by atoms with van der Waals surface area (Å²) < 4.78 is 13.6. The number of thioether (sulfide) groups is 1. The highest BCUT2D eigenvalue weighted by molar-refractivity contribution is 8.21. The maximum atomic E-state index is 13.6. The summed E-state index contributed by atoms with van der Waals surface area (Å²) in [5, 5.41) is 0.974. The van der Waals surface area contributed by atoms with Gasteiger partial charge in [0.1, 0.15) is 5.82 Å². The van der Waals surface area contributed by atoms with Gasteiger partial charge in [-0.15, -0.1) is 0 Å². The van der Waals surface area contributed by atoms with Gasteiger partial charge in [-0.2, -0.15) is 0 Å². The summed E-state index contributed by atoms with van der Waals surface area (Å²) in [6.45, 7) is 7.79. The van der Waals surface area contributed by atoms with E-state index in [0.717, 1.165) is 15.5 Å². The lowest BCUT2D eigenvalue weighted by molar-refractivity contribution is 0.618. The zero-order valence-corrected chi connectivity index (χ0v) is 11.8. The van der Waals surface area contributed by atoms with Crippen LogP contribution in [0.3, 0.4) is 0 Å². The van der Waals surface area contributed by atoms with Crippen LogP contribution in [0.2, 0.25) is 0 Å². The molecule has 0 aromatic heterocycles. The van der Waals surface area contributed by atoms with Crippen LogP contribution in [0.25, 0.3) is 4.91 Å². The van der Waals surface area contributed by atoms with Crippen molar-refractivity contribution in [2.24, 2.45) is 4.99 Å². The molecule has 0 unspecified atom stereocenters. The van der Waals surface area contributed by atoms with Crippen LogP contribution in [0.15, 0.2) is 28.8 Å². The minimum atomic E-state index is -0.159. The van der Waals surface area contributed by atoms with E-state index in [1.54, 1.807) is 31.8 Å². The number of aryl methyl sites for hydroxylation is 1. The Labute approximate surface area is 107 Å². The van der Waals surface area contributed by atoms with Gasteiger partial charge in [0.05, 0.1) is 5.04 Å². The summed E-state index contributed by atoms with van der Waals surface area (Å²) in [6.07, 6.45) is 0. The molecule has 0 radical (unpaired) electrons. The lowest BCUT2D eigenvalue weighted by atomic mass is 10.1. The highest BCUT2D eigenvalue weighted by atomic mass is 32.2. The molecule has 17 heavy (non-hydrogen) atoms. The summed E-state index contributed by atoms with van der Waals surface area (Å²) in [7, 11) is 1.76. The number of allylic oxidation sites excluding steroid dienone is 1. The topological polar surface area (TPSA) is 12.4 Å². The van der Waals surface area contributed by atoms with E-state index >= 15 is 0 Å². The maximum absolute atomic E-state index is 13.6. The first kappa shape index (κ1) is 14.0. The molecule has 0 saturated carbocycles. The third-order valence-electron chi connectivity index (χ3n) is 2.45. The van der Waals surface area contributed by atoms with E-state index in [1.165, 1.54) is 5.57 Å². The summed E-state index contributed by atoms with van der Waals surface area (Å²) in [5.41, 5.74) is 2.76. The molecule has 0 heterocycles. The Morgan fingerprint density at radius 1 is 1.24 bits per heavy atom. The standard InChI is InChI=1S/C14H18FNS/c1-9(2)14(17-11(4)16-5)12-7-6-10(3)13(15)8-12/h6-8H,1-5H3. The number of nitrogens with zero attached hydrogens (tertiary/aromatic N) is 1. The molecule has 0 aliphatic heterocycles. The van der Waals surface area contributed by atoms with Crippen molar-refractivity contribution in [3.05, 3.63) is 40.7 Å². The molecule has 0 bridgehead atoms. The predicted molar refractivity (Wildman–Crippen MR) is 76.0 cm³/mol. The van der Waals surface area contributed by atoms with Gasteiger partial charge < -0.3 is 0 Å². The zero-order chi connectivity index (χ0) is 13.0. The highest BCUT2D eigenvalue weighted by Crippen LogP contribution is 2.32. The molecule has 0 amide bonds. The third kappa shape index (κ3) is 3.70. The molecule has 1 aromatic rings. The average Bonchev–Trinajstić information content (AvgIpc) is 2.29. The quantitative estimate of drug-likeness (QED) is 0.550. The smallest absolute Gasteiger partial charge is 0.126 e. The molecule has 1 aromatic carbocycles. The van der Waals surface area contributed by atoms with Gasteiger partial charge in [-0.05, 0) is 44.9 Å². The first-order chi connectivity index (χ1) is 7.95. The molecule has 0 saturated heterocycles. The van der Waals surface area contributed by atoms with Gasteiger partial charge in [0.25, 0.3) is 0 Å². The fourth-order valence-electron chi connectivity index (χ4n) is 1.38. The molecule has 0 spiro atoms. The Balaban J connectivity index is 3.16. The SMILES string of the molecule is CN=C(C)SC(=C(C)C)c1ccc(C)c(F)c1. The Morgan fingerprint density at radius 2 is 1.88 bits per heavy atom. The molecule has 3 heteroatoms. The minimum Gasteiger partial charge on any atom is -0.286 e. The number of halogens is 1. The fourth-order valence-corrected chi connectivity index (χ4v) is 2.21. The molecule has 0 aliphatic carbocycles. The normalized spacial score (nSPS) is 11.5. The Hall–Kier alpha value is -1.09. The number of benzene rings is 1. The molecule has 0 fully saturated rings. The maximum Gasteiger partial charge on any atom is 0.126 e. The average molecular weight is 251 g/mol. The monoisotopic (exact) mass is 251 g/mol. The Morgan fingerprint density at radius 3 is 2.35 bits per heavy atom. The van der Waals surface area contributed by atoms with Crippen LogP contribution >= 0.6 is 11.8 Å². The van der Waals surface area contributed by atoms with E-state index in [-0.39, 0.29) is 5.82 Å². The summed E-state index contributed by atoms with van der Waals surface area (Å²) >= 11 is 1.58. The van der Waals surface area contributed by atoms with E-state index in [9.17, 15) is 4.39 Å². The number of hydrogen-bond donors (Lipinski definition) is 0. The van der Waals surface area contributed by atoms with Crippen molar-refractivity contribution in [2.45, 2.75) is 27.7 Å². The van der Waals surface area contributed by atoms with Crippen molar-refractivity contribution >= 4 is 21.7 Å². The molecule has 0 aliphatic rings. The van der Waals surface area contributed by atoms with E-state index in [1.807, 2.05) is 32.9 Å². The largest absolute Gasteiger partial charge is 0.286 e. The van der Waals surface area contributed by atoms with Crippen molar-refractivity contribution in [1.29, 1.82) is 0 Å². The number of rotatable bonds is 2. The van der Waals surface area contributed by atoms with E-state index in [0.29, 0.717) is 5.56 Å². The Kier molecular flexibility index (Phi) is 4.94. The van der Waals surface area contributed by atoms with Gasteiger partial charge in [0, 0.05) is 12.0 Å². The molecule has 1 rings (SSSR count). The molecule has 0 N–H and O–H groups in total. The molecule has 92 valence electrons. The van der Waals surface area contributed by atoms with Crippen molar-refractivity contribution < 1.29 is 4.39 Å². The second-order valence-electron chi connectivity index (χ2n) is 4.14. The van der Waals surface area contributed by atoms with Crippen LogP contribution in [0.5, 0.6) is 0 Å². The zero-order valence-electron chi connectivity index (χ0n) is 11.0. The van der Waals surface area contributed by atoms with Crippen LogP contribution in [0, 0.1) is 12.7 Å². The van der Waals surface area contributed by atoms with Gasteiger partial charge in [0.15, 0.2) is 0 Å². The summed E-state index contributed by atoms with van der Waals surface area (Å²) in [5.74, 6) is -0.159. The molecule has 0 atom stereocenters. The van der Waals surface area contributed by atoms with Crippen LogP contribution in [0.4, 0.5) is 4.39 Å². The predicted octanol–water partition coefficient (Wildman–Crippen LogP) is 4.67. The first-order valence-corrected chi connectivity index (χ1v) is 6.32. The van der Waals surface area contributed by atoms with Crippen LogP contribution in [0.1, 0.15) is 31.9 Å². The number of hydrogen-bond acceptors (Lipinski definition) is 2. The summed E-state index contributed by atoms with van der Waals surface area (Å²) in [6, 6.07) is 5.36. The van der Waals surface area contributed by atoms with E-state index in [4.69, 9.17) is 0 Å².